The topological polar surface area (TPSA) is 26.3 Å². The van der Waals surface area contributed by atoms with Crippen LogP contribution in [0.2, 0.25) is 0 Å². The first kappa shape index (κ1) is 17.5. The van der Waals surface area contributed by atoms with E-state index >= 15 is 0 Å². The van der Waals surface area contributed by atoms with Crippen molar-refractivity contribution in [2.75, 3.05) is 0 Å². The molecule has 0 aromatic carbocycles. The molecule has 0 aromatic heterocycles. The minimum absolute atomic E-state index is 0.0748. The average molecular weight is 428 g/mol. The van der Waals surface area contributed by atoms with E-state index in [0.717, 1.165) is 24.7 Å². The molecule has 0 unspecified atom stereocenters. The molecule has 1 aliphatic heterocycles. The van der Waals surface area contributed by atoms with Crippen molar-refractivity contribution in [2.45, 2.75) is 71.3 Å². The Hall–Kier alpha value is -0.320. The summed E-state index contributed by atoms with van der Waals surface area (Å²) in [5.74, 6) is 1.65. The lowest BCUT2D eigenvalue weighted by molar-refractivity contribution is -0.139. The van der Waals surface area contributed by atoms with Crippen molar-refractivity contribution in [2.24, 2.45) is 23.2 Å². The number of hydrogen-bond acceptors (Lipinski definition) is 2. The fraction of sp³-hybridized carbons (Fsp3) is 0.750. The van der Waals surface area contributed by atoms with Crippen molar-refractivity contribution in [1.82, 2.24) is 0 Å². The van der Waals surface area contributed by atoms with Crippen molar-refractivity contribution in [3.63, 3.8) is 0 Å². The summed E-state index contributed by atoms with van der Waals surface area (Å²) in [6.07, 6.45) is 9.94. The van der Waals surface area contributed by atoms with Gasteiger partial charge in [0.25, 0.3) is 0 Å². The number of cyclic esters (lactones) is 1. The van der Waals surface area contributed by atoms with E-state index in [4.69, 9.17) is 4.74 Å². The first-order valence-electron chi connectivity index (χ1n) is 9.20. The maximum Gasteiger partial charge on any atom is 0.334 e. The number of fused-ring (bicyclic) bond motifs is 1. The highest BCUT2D eigenvalue weighted by molar-refractivity contribution is 14.1. The second kappa shape index (κ2) is 6.89. The molecule has 2 saturated carbocycles. The number of esters is 1. The van der Waals surface area contributed by atoms with Crippen LogP contribution >= 0.6 is 22.6 Å². The zero-order chi connectivity index (χ0) is 16.6. The van der Waals surface area contributed by atoms with Crippen LogP contribution < -0.4 is 0 Å². The third-order valence-electron chi connectivity index (χ3n) is 6.96. The molecule has 0 bridgehead atoms. The second-order valence-corrected chi connectivity index (χ2v) is 8.55. The standard InChI is InChI=1S/C20H29IO2/c1-4-16-13(2)19(22)23-18(16)10-8-15-7-9-17-14(12-21)6-5-11-20(15,17)3/h12,15-18H,2,4-11H2,1,3H3/b14-12+/t15-,16-,17+,18-,20-/m1/s1. The predicted octanol–water partition coefficient (Wildman–Crippen LogP) is 5.81. The van der Waals surface area contributed by atoms with Crippen molar-refractivity contribution in [3.05, 3.63) is 21.8 Å². The highest BCUT2D eigenvalue weighted by Crippen LogP contribution is 2.59. The summed E-state index contributed by atoms with van der Waals surface area (Å²) >= 11 is 2.43. The van der Waals surface area contributed by atoms with Gasteiger partial charge in [-0.15, -0.1) is 0 Å². The average Bonchev–Trinajstić information content (AvgIpc) is 3.01. The minimum Gasteiger partial charge on any atom is -0.458 e. The Morgan fingerprint density at radius 2 is 2.17 bits per heavy atom. The fourth-order valence-electron chi connectivity index (χ4n) is 5.56. The van der Waals surface area contributed by atoms with Crippen LogP contribution in [-0.4, -0.2) is 12.1 Å². The van der Waals surface area contributed by atoms with Crippen LogP contribution in [0.25, 0.3) is 0 Å². The Labute approximate surface area is 154 Å². The van der Waals surface area contributed by atoms with Crippen molar-refractivity contribution in [1.29, 1.82) is 0 Å². The third kappa shape index (κ3) is 3.03. The Morgan fingerprint density at radius 3 is 2.87 bits per heavy atom. The van der Waals surface area contributed by atoms with Gasteiger partial charge in [-0.2, -0.15) is 0 Å². The van der Waals surface area contributed by atoms with Gasteiger partial charge in [0.15, 0.2) is 0 Å². The number of allylic oxidation sites excluding steroid dienone is 1. The van der Waals surface area contributed by atoms with Crippen molar-refractivity contribution < 1.29 is 9.53 Å². The van der Waals surface area contributed by atoms with Gasteiger partial charge >= 0.3 is 5.97 Å². The molecule has 2 aliphatic carbocycles. The molecule has 2 nitrogen and oxygen atoms in total. The number of ether oxygens (including phenoxy) is 1. The molecule has 0 amide bonds. The Morgan fingerprint density at radius 1 is 1.39 bits per heavy atom. The summed E-state index contributed by atoms with van der Waals surface area (Å²) in [6.45, 7) is 8.59. The maximum atomic E-state index is 11.8. The van der Waals surface area contributed by atoms with Crippen LogP contribution in [0, 0.1) is 23.2 Å². The third-order valence-corrected chi connectivity index (χ3v) is 7.76. The van der Waals surface area contributed by atoms with E-state index in [9.17, 15) is 4.79 Å². The van der Waals surface area contributed by atoms with Crippen molar-refractivity contribution >= 4 is 28.6 Å². The lowest BCUT2D eigenvalue weighted by Crippen LogP contribution is -2.33. The number of halogens is 1. The molecule has 0 radical (unpaired) electrons. The van der Waals surface area contributed by atoms with Crippen LogP contribution in [0.3, 0.4) is 0 Å². The van der Waals surface area contributed by atoms with Gasteiger partial charge in [-0.1, -0.05) is 48.6 Å². The monoisotopic (exact) mass is 428 g/mol. The van der Waals surface area contributed by atoms with E-state index in [1.807, 2.05) is 0 Å². The molecule has 128 valence electrons. The second-order valence-electron chi connectivity index (χ2n) is 7.93. The summed E-state index contributed by atoms with van der Waals surface area (Å²) in [5, 5.41) is 0. The van der Waals surface area contributed by atoms with Crippen LogP contribution in [-0.2, 0) is 9.53 Å². The fourth-order valence-corrected chi connectivity index (χ4v) is 6.30. The molecule has 0 spiro atoms. The zero-order valence-corrected chi connectivity index (χ0v) is 16.6. The lowest BCUT2D eigenvalue weighted by Gasteiger charge is -2.42. The van der Waals surface area contributed by atoms with E-state index < -0.39 is 0 Å². The minimum atomic E-state index is -0.162. The Balaban J connectivity index is 1.65. The van der Waals surface area contributed by atoms with Crippen LogP contribution in [0.15, 0.2) is 21.8 Å². The quantitative estimate of drug-likeness (QED) is 0.321. The maximum absolute atomic E-state index is 11.8. The summed E-state index contributed by atoms with van der Waals surface area (Å²) in [4.78, 5) is 11.8. The zero-order valence-electron chi connectivity index (χ0n) is 14.4. The highest BCUT2D eigenvalue weighted by Gasteiger charge is 2.49. The molecular formula is C20H29IO2. The van der Waals surface area contributed by atoms with Gasteiger partial charge in [-0.3, -0.25) is 0 Å². The molecule has 1 saturated heterocycles. The van der Waals surface area contributed by atoms with Gasteiger partial charge in [0.2, 0.25) is 0 Å². The van der Waals surface area contributed by atoms with Gasteiger partial charge in [-0.25, -0.2) is 4.79 Å². The predicted molar refractivity (Wildman–Crippen MR) is 102 cm³/mol. The van der Waals surface area contributed by atoms with Crippen molar-refractivity contribution in [3.8, 4) is 0 Å². The highest BCUT2D eigenvalue weighted by atomic mass is 127. The SMILES string of the molecule is C=C1C(=O)O[C@H](CC[C@H]2CC[C@H]3/C(=C/I)CCC[C@]23C)[C@@H]1CC. The molecule has 0 N–H and O–H groups in total. The van der Waals surface area contributed by atoms with Gasteiger partial charge in [0, 0.05) is 11.5 Å². The molecule has 1 heterocycles. The Bertz CT molecular complexity index is 524. The molecule has 5 atom stereocenters. The van der Waals surface area contributed by atoms with Gasteiger partial charge in [-0.05, 0) is 72.7 Å². The molecule has 3 rings (SSSR count). The summed E-state index contributed by atoms with van der Waals surface area (Å²) in [5.41, 5.74) is 2.85. The normalized spacial score (nSPS) is 42.1. The Kier molecular flexibility index (Phi) is 5.24. The molecule has 0 aromatic rings. The van der Waals surface area contributed by atoms with E-state index in [0.29, 0.717) is 11.0 Å². The summed E-state index contributed by atoms with van der Waals surface area (Å²) in [6, 6.07) is 0. The van der Waals surface area contributed by atoms with Crippen LogP contribution in [0.1, 0.15) is 65.2 Å². The van der Waals surface area contributed by atoms with Gasteiger partial charge in [0.05, 0.1) is 0 Å². The summed E-state index contributed by atoms with van der Waals surface area (Å²) < 4.78 is 7.94. The number of carbonyl (C=O) groups is 1. The van der Waals surface area contributed by atoms with Gasteiger partial charge in [0.1, 0.15) is 6.10 Å². The van der Waals surface area contributed by atoms with E-state index in [2.05, 4.69) is 47.1 Å². The molecule has 3 fully saturated rings. The molecule has 23 heavy (non-hydrogen) atoms. The molecule has 3 heteroatoms. The van der Waals surface area contributed by atoms with Gasteiger partial charge < -0.3 is 4.74 Å². The smallest absolute Gasteiger partial charge is 0.334 e. The largest absolute Gasteiger partial charge is 0.458 e. The lowest BCUT2D eigenvalue weighted by atomic mass is 9.63. The summed E-state index contributed by atoms with van der Waals surface area (Å²) in [7, 11) is 0. The first-order valence-corrected chi connectivity index (χ1v) is 10.4. The van der Waals surface area contributed by atoms with Crippen LogP contribution in [0.4, 0.5) is 0 Å². The van der Waals surface area contributed by atoms with E-state index in [1.165, 1.54) is 38.5 Å². The number of rotatable bonds is 4. The first-order chi connectivity index (χ1) is 11.0. The van der Waals surface area contributed by atoms with Crippen LogP contribution in [0.5, 0.6) is 0 Å². The van der Waals surface area contributed by atoms with E-state index in [-0.39, 0.29) is 18.0 Å². The molecular weight excluding hydrogens is 399 g/mol. The molecule has 3 aliphatic rings. The number of hydrogen-bond donors (Lipinski definition) is 0. The number of carbonyl (C=O) groups excluding carboxylic acids is 1. The van der Waals surface area contributed by atoms with E-state index in [1.54, 1.807) is 5.57 Å².